The lowest BCUT2D eigenvalue weighted by molar-refractivity contribution is -0.0148. The predicted molar refractivity (Wildman–Crippen MR) is 59.0 cm³/mol. The Labute approximate surface area is 92.0 Å². The number of aliphatic hydroxyl groups excluding tert-OH is 1. The van der Waals surface area contributed by atoms with E-state index in [9.17, 15) is 0 Å². The van der Waals surface area contributed by atoms with Crippen molar-refractivity contribution in [3.05, 3.63) is 0 Å². The zero-order valence-electron chi connectivity index (χ0n) is 9.79. The second-order valence-corrected chi connectivity index (χ2v) is 4.58. The average molecular weight is 217 g/mol. The molecule has 0 spiro atoms. The van der Waals surface area contributed by atoms with Gasteiger partial charge in [-0.25, -0.2) is 0 Å². The van der Waals surface area contributed by atoms with Crippen molar-refractivity contribution in [1.29, 1.82) is 0 Å². The van der Waals surface area contributed by atoms with Gasteiger partial charge in [0.1, 0.15) is 0 Å². The summed E-state index contributed by atoms with van der Waals surface area (Å²) in [6.07, 6.45) is 2.62. The first-order valence-electron chi connectivity index (χ1n) is 5.71. The van der Waals surface area contributed by atoms with Crippen LogP contribution in [0.5, 0.6) is 0 Å². The van der Waals surface area contributed by atoms with Crippen molar-refractivity contribution >= 4 is 0 Å². The maximum atomic E-state index is 8.49. The molecule has 1 aliphatic heterocycles. The molecule has 90 valence electrons. The summed E-state index contributed by atoms with van der Waals surface area (Å²) < 4.78 is 11.0. The van der Waals surface area contributed by atoms with Gasteiger partial charge < -0.3 is 19.9 Å². The summed E-state index contributed by atoms with van der Waals surface area (Å²) in [5.74, 6) is 0. The highest BCUT2D eigenvalue weighted by molar-refractivity contribution is 4.81. The van der Waals surface area contributed by atoms with E-state index in [1.807, 2.05) is 0 Å². The Morgan fingerprint density at radius 3 is 2.87 bits per heavy atom. The van der Waals surface area contributed by atoms with Crippen LogP contribution >= 0.6 is 0 Å². The molecule has 0 saturated carbocycles. The van der Waals surface area contributed by atoms with Crippen LogP contribution in [-0.4, -0.2) is 49.7 Å². The van der Waals surface area contributed by atoms with Crippen LogP contribution < -0.4 is 5.32 Å². The fourth-order valence-corrected chi connectivity index (χ4v) is 1.80. The SMILES string of the molecule is CC1(C)CCC(CNCCOCCO)O1. The van der Waals surface area contributed by atoms with Crippen molar-refractivity contribution in [2.24, 2.45) is 0 Å². The number of nitrogens with one attached hydrogen (secondary N) is 1. The lowest BCUT2D eigenvalue weighted by Gasteiger charge is -2.19. The van der Waals surface area contributed by atoms with E-state index in [0.29, 0.717) is 19.3 Å². The van der Waals surface area contributed by atoms with Crippen LogP contribution in [0.3, 0.4) is 0 Å². The molecule has 0 aliphatic carbocycles. The maximum Gasteiger partial charge on any atom is 0.0707 e. The third kappa shape index (κ3) is 5.47. The Morgan fingerprint density at radius 2 is 2.27 bits per heavy atom. The number of hydrogen-bond donors (Lipinski definition) is 2. The zero-order chi connectivity index (χ0) is 11.1. The van der Waals surface area contributed by atoms with Crippen LogP contribution in [0.25, 0.3) is 0 Å². The number of rotatable bonds is 7. The van der Waals surface area contributed by atoms with Crippen LogP contribution in [0.4, 0.5) is 0 Å². The lowest BCUT2D eigenvalue weighted by atomic mass is 10.1. The lowest BCUT2D eigenvalue weighted by Crippen LogP contribution is -2.31. The molecule has 4 nitrogen and oxygen atoms in total. The first-order valence-corrected chi connectivity index (χ1v) is 5.71. The van der Waals surface area contributed by atoms with E-state index >= 15 is 0 Å². The molecular formula is C11H23NO3. The summed E-state index contributed by atoms with van der Waals surface area (Å²) >= 11 is 0. The topological polar surface area (TPSA) is 50.7 Å². The van der Waals surface area contributed by atoms with Gasteiger partial charge in [0.25, 0.3) is 0 Å². The van der Waals surface area contributed by atoms with Crippen LogP contribution in [0.15, 0.2) is 0 Å². The Morgan fingerprint density at radius 1 is 1.47 bits per heavy atom. The fraction of sp³-hybridized carbons (Fsp3) is 1.00. The summed E-state index contributed by atoms with van der Waals surface area (Å²) in [5, 5.41) is 11.8. The highest BCUT2D eigenvalue weighted by Crippen LogP contribution is 2.28. The monoisotopic (exact) mass is 217 g/mol. The van der Waals surface area contributed by atoms with Gasteiger partial charge in [0.15, 0.2) is 0 Å². The Kier molecular flexibility index (Phi) is 5.53. The van der Waals surface area contributed by atoms with E-state index in [4.69, 9.17) is 14.6 Å². The molecule has 1 rings (SSSR count). The molecule has 0 radical (unpaired) electrons. The molecule has 0 aromatic heterocycles. The van der Waals surface area contributed by atoms with Crippen molar-refractivity contribution in [2.45, 2.75) is 38.4 Å². The van der Waals surface area contributed by atoms with Gasteiger partial charge >= 0.3 is 0 Å². The van der Waals surface area contributed by atoms with Gasteiger partial charge in [0.2, 0.25) is 0 Å². The van der Waals surface area contributed by atoms with Crippen LogP contribution in [0.2, 0.25) is 0 Å². The molecular weight excluding hydrogens is 194 g/mol. The van der Waals surface area contributed by atoms with Crippen molar-refractivity contribution in [2.75, 3.05) is 32.9 Å². The molecule has 15 heavy (non-hydrogen) atoms. The molecule has 1 atom stereocenters. The molecule has 1 aliphatic rings. The minimum atomic E-state index is 0.0553. The highest BCUT2D eigenvalue weighted by Gasteiger charge is 2.30. The van der Waals surface area contributed by atoms with Gasteiger partial charge in [0, 0.05) is 13.1 Å². The summed E-state index contributed by atoms with van der Waals surface area (Å²) in [5.41, 5.74) is 0.0553. The van der Waals surface area contributed by atoms with E-state index in [2.05, 4.69) is 19.2 Å². The van der Waals surface area contributed by atoms with Gasteiger partial charge in [0.05, 0.1) is 31.5 Å². The van der Waals surface area contributed by atoms with Gasteiger partial charge in [-0.15, -0.1) is 0 Å². The molecule has 0 bridgehead atoms. The second-order valence-electron chi connectivity index (χ2n) is 4.58. The standard InChI is InChI=1S/C11H23NO3/c1-11(2)4-3-10(15-11)9-12-5-7-14-8-6-13/h10,12-13H,3-9H2,1-2H3. The average Bonchev–Trinajstić information content (AvgIpc) is 2.52. The normalized spacial score (nSPS) is 24.6. The van der Waals surface area contributed by atoms with Crippen molar-refractivity contribution in [3.8, 4) is 0 Å². The van der Waals surface area contributed by atoms with Gasteiger partial charge in [-0.2, -0.15) is 0 Å². The fourth-order valence-electron chi connectivity index (χ4n) is 1.80. The molecule has 0 aromatic carbocycles. The van der Waals surface area contributed by atoms with Crippen LogP contribution in [-0.2, 0) is 9.47 Å². The summed E-state index contributed by atoms with van der Waals surface area (Å²) in [6.45, 7) is 7.16. The summed E-state index contributed by atoms with van der Waals surface area (Å²) in [6, 6.07) is 0. The molecule has 2 N–H and O–H groups in total. The minimum Gasteiger partial charge on any atom is -0.394 e. The highest BCUT2D eigenvalue weighted by atomic mass is 16.5. The Balaban J connectivity index is 1.93. The third-order valence-electron chi connectivity index (χ3n) is 2.58. The largest absolute Gasteiger partial charge is 0.394 e. The summed E-state index contributed by atoms with van der Waals surface area (Å²) in [7, 11) is 0. The van der Waals surface area contributed by atoms with Crippen LogP contribution in [0, 0.1) is 0 Å². The zero-order valence-corrected chi connectivity index (χ0v) is 9.79. The van der Waals surface area contributed by atoms with E-state index < -0.39 is 0 Å². The van der Waals surface area contributed by atoms with Crippen molar-refractivity contribution < 1.29 is 14.6 Å². The predicted octanol–water partition coefficient (Wildman–Crippen LogP) is 0.542. The maximum absolute atomic E-state index is 8.49. The molecule has 0 aromatic rings. The van der Waals surface area contributed by atoms with Crippen molar-refractivity contribution in [3.63, 3.8) is 0 Å². The first kappa shape index (κ1) is 12.9. The molecule has 1 fully saturated rings. The van der Waals surface area contributed by atoms with Crippen LogP contribution in [0.1, 0.15) is 26.7 Å². The number of hydrogen-bond acceptors (Lipinski definition) is 4. The second kappa shape index (κ2) is 6.43. The quantitative estimate of drug-likeness (QED) is 0.611. The smallest absolute Gasteiger partial charge is 0.0707 e. The number of aliphatic hydroxyl groups is 1. The van der Waals surface area contributed by atoms with E-state index in [-0.39, 0.29) is 12.2 Å². The van der Waals surface area contributed by atoms with Gasteiger partial charge in [-0.3, -0.25) is 0 Å². The van der Waals surface area contributed by atoms with Gasteiger partial charge in [-0.05, 0) is 26.7 Å². The third-order valence-corrected chi connectivity index (χ3v) is 2.58. The van der Waals surface area contributed by atoms with Gasteiger partial charge in [-0.1, -0.05) is 0 Å². The first-order chi connectivity index (χ1) is 7.14. The molecule has 0 amide bonds. The van der Waals surface area contributed by atoms with E-state index in [0.717, 1.165) is 25.9 Å². The number of ether oxygens (including phenoxy) is 2. The molecule has 1 unspecified atom stereocenters. The Hall–Kier alpha value is -0.160. The Bertz CT molecular complexity index is 173. The van der Waals surface area contributed by atoms with E-state index in [1.54, 1.807) is 0 Å². The van der Waals surface area contributed by atoms with E-state index in [1.165, 1.54) is 0 Å². The molecule has 1 heterocycles. The van der Waals surface area contributed by atoms with Crippen molar-refractivity contribution in [1.82, 2.24) is 5.32 Å². The summed E-state index contributed by atoms with van der Waals surface area (Å²) in [4.78, 5) is 0. The molecule has 1 saturated heterocycles. The minimum absolute atomic E-state index is 0.0553. The molecule has 4 heteroatoms.